The molecule has 0 rings (SSSR count). The second kappa shape index (κ2) is 6.80. The van der Waals surface area contributed by atoms with Gasteiger partial charge in [0.25, 0.3) is 0 Å². The van der Waals surface area contributed by atoms with Gasteiger partial charge in [-0.25, -0.2) is 0 Å². The maximum atomic E-state index is 10.9. The molecule has 0 bridgehead atoms. The zero-order valence-electron chi connectivity index (χ0n) is 9.95. The zero-order chi connectivity index (χ0) is 11.9. The van der Waals surface area contributed by atoms with Gasteiger partial charge in [-0.1, -0.05) is 0 Å². The number of aliphatic carboxylic acids is 1. The first-order valence-corrected chi connectivity index (χ1v) is 5.43. The predicted molar refractivity (Wildman–Crippen MR) is 59.7 cm³/mol. The molecule has 0 radical (unpaired) electrons. The fraction of sp³-hybridized carbons (Fsp3) is 0.909. The van der Waals surface area contributed by atoms with E-state index in [9.17, 15) is 4.79 Å². The highest BCUT2D eigenvalue weighted by atomic mass is 16.5. The molecule has 0 aliphatic rings. The average Bonchev–Trinajstić information content (AvgIpc) is 2.08. The third-order valence-electron chi connectivity index (χ3n) is 2.11. The largest absolute Gasteiger partial charge is 0.481 e. The van der Waals surface area contributed by atoms with E-state index in [-0.39, 0.29) is 11.5 Å². The molecular formula is C11H23NO3. The third kappa shape index (κ3) is 8.39. The number of ether oxygens (including phenoxy) is 1. The van der Waals surface area contributed by atoms with Crippen LogP contribution in [0.25, 0.3) is 0 Å². The van der Waals surface area contributed by atoms with E-state index >= 15 is 0 Å². The average molecular weight is 217 g/mol. The zero-order valence-corrected chi connectivity index (χ0v) is 9.95. The van der Waals surface area contributed by atoms with Gasteiger partial charge in [0, 0.05) is 6.61 Å². The normalized spacial score (nSPS) is 13.9. The van der Waals surface area contributed by atoms with Gasteiger partial charge in [-0.2, -0.15) is 0 Å². The van der Waals surface area contributed by atoms with Gasteiger partial charge in [-0.15, -0.1) is 0 Å². The minimum atomic E-state index is -0.749. The number of rotatable bonds is 7. The van der Waals surface area contributed by atoms with E-state index in [4.69, 9.17) is 15.6 Å². The number of nitrogens with two attached hydrogens (primary N) is 1. The molecule has 3 N–H and O–H groups in total. The quantitative estimate of drug-likeness (QED) is 0.680. The molecule has 0 aromatic heterocycles. The lowest BCUT2D eigenvalue weighted by atomic mass is 10.00. The summed E-state index contributed by atoms with van der Waals surface area (Å²) in [5, 5.41) is 8.93. The molecule has 1 unspecified atom stereocenters. The molecule has 0 aliphatic heterocycles. The van der Waals surface area contributed by atoms with Gasteiger partial charge in [0.1, 0.15) is 0 Å². The van der Waals surface area contributed by atoms with Crippen LogP contribution in [-0.2, 0) is 9.53 Å². The van der Waals surface area contributed by atoms with E-state index in [0.29, 0.717) is 26.0 Å². The Hall–Kier alpha value is -0.610. The monoisotopic (exact) mass is 217 g/mol. The summed E-state index contributed by atoms with van der Waals surface area (Å²) in [5.41, 5.74) is 5.15. The first-order valence-electron chi connectivity index (χ1n) is 5.43. The molecule has 0 saturated carbocycles. The summed E-state index contributed by atoms with van der Waals surface area (Å²) in [6.45, 7) is 6.92. The van der Waals surface area contributed by atoms with Gasteiger partial charge in [0.05, 0.1) is 11.5 Å². The maximum absolute atomic E-state index is 10.9. The summed E-state index contributed by atoms with van der Waals surface area (Å²) in [6, 6.07) is 0. The van der Waals surface area contributed by atoms with Crippen LogP contribution in [0.2, 0.25) is 0 Å². The standard InChI is InChI=1S/C11H23NO3/c1-11(2,3)15-8-6-9(10(13)14)5-4-7-12/h9H,4-8,12H2,1-3H3,(H,13,14). The van der Waals surface area contributed by atoms with Gasteiger partial charge < -0.3 is 15.6 Å². The van der Waals surface area contributed by atoms with Gasteiger partial charge in [0.15, 0.2) is 0 Å². The highest BCUT2D eigenvalue weighted by molar-refractivity contribution is 5.69. The van der Waals surface area contributed by atoms with E-state index in [2.05, 4.69) is 0 Å². The van der Waals surface area contributed by atoms with E-state index in [1.807, 2.05) is 20.8 Å². The highest BCUT2D eigenvalue weighted by Gasteiger charge is 2.18. The van der Waals surface area contributed by atoms with Crippen molar-refractivity contribution in [1.82, 2.24) is 0 Å². The van der Waals surface area contributed by atoms with Crippen LogP contribution in [0.4, 0.5) is 0 Å². The number of carboxylic acids is 1. The second-order valence-electron chi connectivity index (χ2n) is 4.72. The Morgan fingerprint density at radius 2 is 2.00 bits per heavy atom. The molecule has 0 aromatic carbocycles. The van der Waals surface area contributed by atoms with Crippen molar-refractivity contribution in [2.24, 2.45) is 11.7 Å². The highest BCUT2D eigenvalue weighted by Crippen LogP contribution is 2.14. The van der Waals surface area contributed by atoms with Crippen LogP contribution in [0.3, 0.4) is 0 Å². The van der Waals surface area contributed by atoms with Gasteiger partial charge in [0.2, 0.25) is 0 Å². The van der Waals surface area contributed by atoms with E-state index in [0.717, 1.165) is 6.42 Å². The lowest BCUT2D eigenvalue weighted by Gasteiger charge is -2.21. The van der Waals surface area contributed by atoms with E-state index in [1.54, 1.807) is 0 Å². The summed E-state index contributed by atoms with van der Waals surface area (Å²) in [7, 11) is 0. The molecule has 0 heterocycles. The summed E-state index contributed by atoms with van der Waals surface area (Å²) < 4.78 is 5.50. The predicted octanol–water partition coefficient (Wildman–Crippen LogP) is 1.63. The Kier molecular flexibility index (Phi) is 6.52. The molecular weight excluding hydrogens is 194 g/mol. The molecule has 0 amide bonds. The van der Waals surface area contributed by atoms with Crippen molar-refractivity contribution in [1.29, 1.82) is 0 Å². The number of hydrogen-bond donors (Lipinski definition) is 2. The minimum absolute atomic E-state index is 0.197. The van der Waals surface area contributed by atoms with Gasteiger partial charge in [-0.05, 0) is 46.6 Å². The summed E-state index contributed by atoms with van der Waals surface area (Å²) in [5.74, 6) is -1.07. The van der Waals surface area contributed by atoms with Crippen molar-refractivity contribution >= 4 is 5.97 Å². The van der Waals surface area contributed by atoms with Crippen molar-refractivity contribution in [3.8, 4) is 0 Å². The topological polar surface area (TPSA) is 72.5 Å². The van der Waals surface area contributed by atoms with Crippen molar-refractivity contribution in [3.63, 3.8) is 0 Å². The molecule has 15 heavy (non-hydrogen) atoms. The molecule has 0 saturated heterocycles. The third-order valence-corrected chi connectivity index (χ3v) is 2.11. The van der Waals surface area contributed by atoms with Gasteiger partial charge in [-0.3, -0.25) is 4.79 Å². The maximum Gasteiger partial charge on any atom is 0.306 e. The van der Waals surface area contributed by atoms with Gasteiger partial charge >= 0.3 is 5.97 Å². The molecule has 4 heteroatoms. The summed E-state index contributed by atoms with van der Waals surface area (Å²) >= 11 is 0. The van der Waals surface area contributed by atoms with Crippen LogP contribution in [0.1, 0.15) is 40.0 Å². The smallest absolute Gasteiger partial charge is 0.306 e. The Labute approximate surface area is 91.8 Å². The molecule has 0 fully saturated rings. The number of carboxylic acid groups (broad SMARTS) is 1. The van der Waals surface area contributed by atoms with E-state index in [1.165, 1.54) is 0 Å². The SMILES string of the molecule is CC(C)(C)OCCC(CCCN)C(=O)O. The fourth-order valence-electron chi connectivity index (χ4n) is 1.26. The Morgan fingerprint density at radius 1 is 1.40 bits per heavy atom. The molecule has 90 valence electrons. The fourth-order valence-corrected chi connectivity index (χ4v) is 1.26. The Morgan fingerprint density at radius 3 is 2.40 bits per heavy atom. The van der Waals surface area contributed by atoms with Crippen LogP contribution in [0.5, 0.6) is 0 Å². The van der Waals surface area contributed by atoms with Crippen molar-refractivity contribution in [2.75, 3.05) is 13.2 Å². The lowest BCUT2D eigenvalue weighted by Crippen LogP contribution is -2.23. The van der Waals surface area contributed by atoms with Crippen molar-refractivity contribution < 1.29 is 14.6 Å². The van der Waals surface area contributed by atoms with Crippen molar-refractivity contribution in [3.05, 3.63) is 0 Å². The van der Waals surface area contributed by atoms with Crippen LogP contribution in [-0.4, -0.2) is 29.8 Å². The van der Waals surface area contributed by atoms with Crippen molar-refractivity contribution in [2.45, 2.75) is 45.6 Å². The minimum Gasteiger partial charge on any atom is -0.481 e. The van der Waals surface area contributed by atoms with Crippen LogP contribution < -0.4 is 5.73 Å². The molecule has 1 atom stereocenters. The van der Waals surface area contributed by atoms with Crippen LogP contribution in [0, 0.1) is 5.92 Å². The first kappa shape index (κ1) is 14.4. The molecule has 0 aromatic rings. The van der Waals surface area contributed by atoms with E-state index < -0.39 is 5.97 Å². The lowest BCUT2D eigenvalue weighted by molar-refractivity contribution is -0.143. The molecule has 0 aliphatic carbocycles. The van der Waals surface area contributed by atoms with Crippen LogP contribution in [0.15, 0.2) is 0 Å². The Bertz CT molecular complexity index is 187. The molecule has 4 nitrogen and oxygen atoms in total. The molecule has 0 spiro atoms. The Balaban J connectivity index is 3.81. The summed E-state index contributed by atoms with van der Waals surface area (Å²) in [6.07, 6.45) is 1.96. The second-order valence-corrected chi connectivity index (χ2v) is 4.72. The number of carbonyl (C=O) groups is 1. The first-order chi connectivity index (χ1) is 6.87. The van der Waals surface area contributed by atoms with Crippen LogP contribution >= 0.6 is 0 Å². The number of hydrogen-bond acceptors (Lipinski definition) is 3. The summed E-state index contributed by atoms with van der Waals surface area (Å²) in [4.78, 5) is 10.9.